The van der Waals surface area contributed by atoms with Crippen molar-refractivity contribution in [3.8, 4) is 5.69 Å². The van der Waals surface area contributed by atoms with E-state index in [-0.39, 0.29) is 31.0 Å². The molecular weight excluding hydrogens is 391 g/mol. The first kappa shape index (κ1) is 21.0. The Labute approximate surface area is 164 Å². The van der Waals surface area contributed by atoms with Crippen LogP contribution in [0.15, 0.2) is 35.1 Å². The largest absolute Gasteiger partial charge is 0.416 e. The van der Waals surface area contributed by atoms with Crippen LogP contribution in [0.4, 0.5) is 13.2 Å². The number of nitrogens with one attached hydrogen (secondary N) is 1. The number of hydrogen-bond acceptors (Lipinski definition) is 5. The number of hydrogen-bond donors (Lipinski definition) is 2. The molecule has 1 aromatic heterocycles. The van der Waals surface area contributed by atoms with Gasteiger partial charge in [0.1, 0.15) is 0 Å². The maximum absolute atomic E-state index is 13.0. The van der Waals surface area contributed by atoms with Gasteiger partial charge in [0.05, 0.1) is 23.4 Å². The number of aryl methyl sites for hydroxylation is 1. The highest BCUT2D eigenvalue weighted by Gasteiger charge is 2.37. The van der Waals surface area contributed by atoms with Crippen molar-refractivity contribution < 1.29 is 27.8 Å². The van der Waals surface area contributed by atoms with E-state index in [9.17, 15) is 27.9 Å². The number of ether oxygens (including phenoxy) is 1. The number of rotatable bonds is 5. The third-order valence-electron chi connectivity index (χ3n) is 4.81. The molecule has 0 radical (unpaired) electrons. The van der Waals surface area contributed by atoms with E-state index >= 15 is 0 Å². The highest BCUT2D eigenvalue weighted by atomic mass is 19.4. The van der Waals surface area contributed by atoms with Crippen LogP contribution in [-0.4, -0.2) is 46.2 Å². The molecule has 1 saturated heterocycles. The Kier molecular flexibility index (Phi) is 5.76. The van der Waals surface area contributed by atoms with E-state index in [0.717, 1.165) is 22.9 Å². The number of alkyl halides is 3. The second-order valence-electron chi connectivity index (χ2n) is 6.97. The predicted octanol–water partition coefficient (Wildman–Crippen LogP) is 1.83. The Bertz CT molecular complexity index is 966. The molecule has 1 aromatic carbocycles. The summed E-state index contributed by atoms with van der Waals surface area (Å²) in [5.74, 6) is -0.769. The zero-order valence-electron chi connectivity index (χ0n) is 15.6. The lowest BCUT2D eigenvalue weighted by Crippen LogP contribution is -2.51. The third kappa shape index (κ3) is 4.48. The van der Waals surface area contributed by atoms with Gasteiger partial charge in [-0.25, -0.2) is 4.68 Å². The number of amides is 1. The van der Waals surface area contributed by atoms with Gasteiger partial charge in [-0.15, -0.1) is 0 Å². The molecule has 3 rings (SSSR count). The van der Waals surface area contributed by atoms with Gasteiger partial charge in [-0.2, -0.15) is 18.3 Å². The maximum atomic E-state index is 13.0. The summed E-state index contributed by atoms with van der Waals surface area (Å²) in [4.78, 5) is 25.0. The summed E-state index contributed by atoms with van der Waals surface area (Å²) in [6, 6.07) is 5.59. The molecular formula is C19H20F3N3O4. The minimum absolute atomic E-state index is 0.0700. The van der Waals surface area contributed by atoms with Crippen LogP contribution in [0, 0.1) is 6.92 Å². The first-order chi connectivity index (χ1) is 13.6. The SMILES string of the molecule is Cc1cc(=O)c(C(=O)NC2(CCO)CCOC2)nn1-c1cccc(C(F)(F)F)c1. The van der Waals surface area contributed by atoms with Crippen LogP contribution in [0.25, 0.3) is 5.69 Å². The monoisotopic (exact) mass is 411 g/mol. The van der Waals surface area contributed by atoms with Crippen LogP contribution in [0.3, 0.4) is 0 Å². The van der Waals surface area contributed by atoms with Gasteiger partial charge in [0, 0.05) is 25.0 Å². The second kappa shape index (κ2) is 7.96. The van der Waals surface area contributed by atoms with Crippen molar-refractivity contribution in [1.82, 2.24) is 15.1 Å². The lowest BCUT2D eigenvalue weighted by atomic mass is 9.94. The van der Waals surface area contributed by atoms with Gasteiger partial charge in [0.25, 0.3) is 5.91 Å². The topological polar surface area (TPSA) is 93.5 Å². The summed E-state index contributed by atoms with van der Waals surface area (Å²) in [5, 5.41) is 16.0. The minimum Gasteiger partial charge on any atom is -0.396 e. The highest BCUT2D eigenvalue weighted by Crippen LogP contribution is 2.30. The molecule has 29 heavy (non-hydrogen) atoms. The Balaban J connectivity index is 1.98. The number of carbonyl (C=O) groups is 1. The third-order valence-corrected chi connectivity index (χ3v) is 4.81. The molecule has 2 N–H and O–H groups in total. The normalized spacial score (nSPS) is 19.3. The number of benzene rings is 1. The van der Waals surface area contributed by atoms with Gasteiger partial charge in [-0.1, -0.05) is 6.07 Å². The first-order valence-electron chi connectivity index (χ1n) is 8.95. The molecule has 1 aliphatic rings. The molecule has 1 fully saturated rings. The zero-order chi connectivity index (χ0) is 21.2. The number of aromatic nitrogens is 2. The average molecular weight is 411 g/mol. The molecule has 10 heteroatoms. The van der Waals surface area contributed by atoms with Crippen molar-refractivity contribution in [3.63, 3.8) is 0 Å². The fraction of sp³-hybridized carbons (Fsp3) is 0.421. The van der Waals surface area contributed by atoms with Crippen molar-refractivity contribution in [3.05, 3.63) is 57.5 Å². The lowest BCUT2D eigenvalue weighted by Gasteiger charge is -2.27. The molecule has 2 heterocycles. The molecule has 0 aliphatic carbocycles. The summed E-state index contributed by atoms with van der Waals surface area (Å²) in [5.41, 5.74) is -2.43. The Morgan fingerprint density at radius 3 is 2.76 bits per heavy atom. The van der Waals surface area contributed by atoms with Crippen LogP contribution < -0.4 is 10.7 Å². The predicted molar refractivity (Wildman–Crippen MR) is 96.9 cm³/mol. The molecule has 1 unspecified atom stereocenters. The molecule has 7 nitrogen and oxygen atoms in total. The van der Waals surface area contributed by atoms with Gasteiger partial charge >= 0.3 is 6.18 Å². The van der Waals surface area contributed by atoms with E-state index < -0.39 is 34.3 Å². The fourth-order valence-electron chi connectivity index (χ4n) is 3.26. The van der Waals surface area contributed by atoms with Crippen LogP contribution in [0.2, 0.25) is 0 Å². The minimum atomic E-state index is -4.54. The molecule has 1 aliphatic heterocycles. The second-order valence-corrected chi connectivity index (χ2v) is 6.97. The summed E-state index contributed by atoms with van der Waals surface area (Å²) in [6.45, 7) is 1.91. The van der Waals surface area contributed by atoms with Crippen molar-refractivity contribution in [2.45, 2.75) is 31.5 Å². The van der Waals surface area contributed by atoms with Crippen molar-refractivity contribution in [2.24, 2.45) is 0 Å². The Morgan fingerprint density at radius 2 is 2.14 bits per heavy atom. The standard InChI is InChI=1S/C19H20F3N3O4/c1-12-9-15(27)16(17(28)23-18(5-7-26)6-8-29-11-18)24-25(12)14-4-2-3-13(10-14)19(20,21)22/h2-4,9-10,26H,5-8,11H2,1H3,(H,23,28). The smallest absolute Gasteiger partial charge is 0.396 e. The van der Waals surface area contributed by atoms with E-state index in [4.69, 9.17) is 4.74 Å². The van der Waals surface area contributed by atoms with Gasteiger partial charge in [0.2, 0.25) is 5.43 Å². The number of halogens is 3. The fourth-order valence-corrected chi connectivity index (χ4v) is 3.26. The lowest BCUT2D eigenvalue weighted by molar-refractivity contribution is -0.137. The number of carbonyl (C=O) groups excluding carboxylic acids is 1. The van der Waals surface area contributed by atoms with E-state index in [1.807, 2.05) is 0 Å². The van der Waals surface area contributed by atoms with Crippen LogP contribution in [0.1, 0.15) is 34.6 Å². The first-order valence-corrected chi connectivity index (χ1v) is 8.95. The number of nitrogens with zero attached hydrogens (tertiary/aromatic N) is 2. The summed E-state index contributed by atoms with van der Waals surface area (Å²) in [7, 11) is 0. The quantitative estimate of drug-likeness (QED) is 0.783. The van der Waals surface area contributed by atoms with E-state index in [1.54, 1.807) is 0 Å². The van der Waals surface area contributed by atoms with Crippen LogP contribution in [-0.2, 0) is 10.9 Å². The molecule has 0 spiro atoms. The molecule has 1 atom stereocenters. The summed E-state index contributed by atoms with van der Waals surface area (Å²) < 4.78 is 45.5. The summed E-state index contributed by atoms with van der Waals surface area (Å²) >= 11 is 0. The molecule has 0 saturated carbocycles. The average Bonchev–Trinajstić information content (AvgIpc) is 3.09. The van der Waals surface area contributed by atoms with E-state index in [1.165, 1.54) is 19.1 Å². The van der Waals surface area contributed by atoms with Crippen molar-refractivity contribution in [1.29, 1.82) is 0 Å². The van der Waals surface area contributed by atoms with Crippen LogP contribution in [0.5, 0.6) is 0 Å². The van der Waals surface area contributed by atoms with E-state index in [2.05, 4.69) is 10.4 Å². The van der Waals surface area contributed by atoms with Crippen molar-refractivity contribution >= 4 is 5.91 Å². The Morgan fingerprint density at radius 1 is 1.38 bits per heavy atom. The highest BCUT2D eigenvalue weighted by molar-refractivity contribution is 5.92. The van der Waals surface area contributed by atoms with Crippen molar-refractivity contribution in [2.75, 3.05) is 19.8 Å². The number of aliphatic hydroxyl groups excluding tert-OH is 1. The van der Waals surface area contributed by atoms with Gasteiger partial charge in [-0.3, -0.25) is 9.59 Å². The van der Waals surface area contributed by atoms with Gasteiger partial charge in [-0.05, 0) is 38.0 Å². The number of aliphatic hydroxyl groups is 1. The summed E-state index contributed by atoms with van der Waals surface area (Å²) in [6.07, 6.45) is -3.83. The molecule has 2 aromatic rings. The Hall–Kier alpha value is -2.72. The van der Waals surface area contributed by atoms with Gasteiger partial charge in [0.15, 0.2) is 5.69 Å². The van der Waals surface area contributed by atoms with Gasteiger partial charge < -0.3 is 15.2 Å². The zero-order valence-corrected chi connectivity index (χ0v) is 15.6. The van der Waals surface area contributed by atoms with Crippen LogP contribution >= 0.6 is 0 Å². The molecule has 1 amide bonds. The molecule has 0 bridgehead atoms. The maximum Gasteiger partial charge on any atom is 0.416 e. The van der Waals surface area contributed by atoms with E-state index in [0.29, 0.717) is 13.0 Å². The molecule has 156 valence electrons.